The van der Waals surface area contributed by atoms with Gasteiger partial charge in [0.05, 0.1) is 5.41 Å². The van der Waals surface area contributed by atoms with Gasteiger partial charge in [0.2, 0.25) is 0 Å². The molecule has 212 valence electrons. The zero-order chi connectivity index (χ0) is 28.1. The van der Waals surface area contributed by atoms with E-state index in [2.05, 4.69) is 54.5 Å². The van der Waals surface area contributed by atoms with Gasteiger partial charge < -0.3 is 14.9 Å². The normalized spacial score (nSPS) is 46.8. The molecule has 0 aromatic heterocycles. The van der Waals surface area contributed by atoms with E-state index in [-0.39, 0.29) is 33.0 Å². The number of rotatable bonds is 2. The molecule has 0 heterocycles. The first-order chi connectivity index (χ1) is 17.4. The number of hydrogen-bond donors (Lipinski definition) is 2. The van der Waals surface area contributed by atoms with Crippen LogP contribution in [0.5, 0.6) is 0 Å². The molecular weight excluding hydrogens is 480 g/mol. The van der Waals surface area contributed by atoms with Crippen LogP contribution < -0.4 is 0 Å². The van der Waals surface area contributed by atoms with Crippen molar-refractivity contribution in [3.8, 4) is 0 Å². The van der Waals surface area contributed by atoms with Crippen LogP contribution in [-0.4, -0.2) is 34.2 Å². The van der Waals surface area contributed by atoms with Crippen molar-refractivity contribution in [3.63, 3.8) is 0 Å². The maximum atomic E-state index is 12.8. The van der Waals surface area contributed by atoms with Gasteiger partial charge in [0, 0.05) is 5.41 Å². The van der Waals surface area contributed by atoms with Gasteiger partial charge in [-0.2, -0.15) is 0 Å². The van der Waals surface area contributed by atoms with E-state index in [1.54, 1.807) is 0 Å². The van der Waals surface area contributed by atoms with Crippen LogP contribution in [0, 0.1) is 50.2 Å². The first-order valence-corrected chi connectivity index (χ1v) is 14.8. The number of esters is 1. The molecule has 0 saturated heterocycles. The highest BCUT2D eigenvalue weighted by atomic mass is 16.6. The second-order valence-electron chi connectivity index (χ2n) is 15.7. The third-order valence-electron chi connectivity index (χ3n) is 13.4. The molecule has 0 bridgehead atoms. The number of hydrogen-bond acceptors (Lipinski definition) is 4. The molecule has 0 spiro atoms. The smallest absolute Gasteiger partial charge is 0.417 e. The van der Waals surface area contributed by atoms with Crippen LogP contribution in [0.3, 0.4) is 0 Å². The summed E-state index contributed by atoms with van der Waals surface area (Å²) in [6, 6.07) is 0. The van der Waals surface area contributed by atoms with Crippen LogP contribution in [0.4, 0.5) is 0 Å². The van der Waals surface area contributed by atoms with E-state index >= 15 is 0 Å². The minimum atomic E-state index is -1.52. The number of carbonyl (C=O) groups excluding carboxylic acids is 1. The molecule has 3 unspecified atom stereocenters. The minimum Gasteiger partial charge on any atom is -0.481 e. The van der Waals surface area contributed by atoms with Gasteiger partial charge in [-0.25, -0.2) is 9.59 Å². The molecule has 5 aliphatic rings. The van der Waals surface area contributed by atoms with Crippen molar-refractivity contribution in [2.75, 3.05) is 0 Å². The van der Waals surface area contributed by atoms with Crippen LogP contribution >= 0.6 is 0 Å². The Hall–Kier alpha value is -1.85. The fourth-order valence-electron chi connectivity index (χ4n) is 11.0. The lowest BCUT2D eigenvalue weighted by atomic mass is 9.33. The van der Waals surface area contributed by atoms with E-state index < -0.39 is 29.4 Å². The molecule has 2 N–H and O–H groups in total. The van der Waals surface area contributed by atoms with Crippen molar-refractivity contribution in [3.05, 3.63) is 11.6 Å². The number of carboxylic acid groups (broad SMARTS) is 2. The van der Waals surface area contributed by atoms with Crippen molar-refractivity contribution >= 4 is 17.9 Å². The van der Waals surface area contributed by atoms with Crippen molar-refractivity contribution in [2.45, 2.75) is 119 Å². The first-order valence-electron chi connectivity index (χ1n) is 14.8. The summed E-state index contributed by atoms with van der Waals surface area (Å²) in [5.41, 5.74) is 0.721. The Morgan fingerprint density at radius 2 is 1.50 bits per heavy atom. The molecule has 8 atom stereocenters. The summed E-state index contributed by atoms with van der Waals surface area (Å²) in [6.07, 6.45) is 11.1. The third-order valence-corrected chi connectivity index (χ3v) is 13.4. The summed E-state index contributed by atoms with van der Waals surface area (Å²) in [4.78, 5) is 36.0. The first kappa shape index (κ1) is 27.7. The minimum absolute atomic E-state index is 0.0301. The standard InChI is InChI=1S/C32H48O6/c1-27(2)14-16-32(26(36)37)17-15-30(6)19(20(32)18-27)8-9-22-29(5)12-11-23(38-25(35)24(33)34)28(3,4)21(29)10-13-31(22,30)7/h8,20-23H,9-18H2,1-7H3,(H,33,34)(H,36,37)/t20?,21?,22?,23-,29-,30+,31+,32-/m0/s1. The molecule has 0 aliphatic heterocycles. The largest absolute Gasteiger partial charge is 0.481 e. The second-order valence-corrected chi connectivity index (χ2v) is 15.7. The van der Waals surface area contributed by atoms with E-state index in [4.69, 9.17) is 9.84 Å². The van der Waals surface area contributed by atoms with Crippen LogP contribution in [0.15, 0.2) is 11.6 Å². The summed E-state index contributed by atoms with van der Waals surface area (Å²) >= 11 is 0. The summed E-state index contributed by atoms with van der Waals surface area (Å²) in [6.45, 7) is 16.3. The Labute approximate surface area is 228 Å². The molecule has 4 saturated carbocycles. The molecule has 5 aliphatic carbocycles. The Morgan fingerprint density at radius 3 is 2.13 bits per heavy atom. The number of carbonyl (C=O) groups is 3. The Bertz CT molecular complexity index is 1090. The summed E-state index contributed by atoms with van der Waals surface area (Å²) in [5.74, 6) is -2.39. The topological polar surface area (TPSA) is 101 Å². The number of aliphatic carboxylic acids is 2. The van der Waals surface area contributed by atoms with Crippen LogP contribution in [-0.2, 0) is 19.1 Å². The van der Waals surface area contributed by atoms with E-state index in [0.29, 0.717) is 18.3 Å². The molecule has 0 aromatic rings. The fraction of sp³-hybridized carbons (Fsp3) is 0.844. The molecule has 0 amide bonds. The molecule has 0 aromatic carbocycles. The highest BCUT2D eigenvalue weighted by Crippen LogP contribution is 2.75. The van der Waals surface area contributed by atoms with Gasteiger partial charge in [-0.3, -0.25) is 4.79 Å². The fourth-order valence-corrected chi connectivity index (χ4v) is 11.0. The highest BCUT2D eigenvalue weighted by Gasteiger charge is 2.69. The van der Waals surface area contributed by atoms with Crippen molar-refractivity contribution in [2.24, 2.45) is 50.2 Å². The average molecular weight is 529 g/mol. The highest BCUT2D eigenvalue weighted by molar-refractivity contribution is 6.28. The predicted octanol–water partition coefficient (Wildman–Crippen LogP) is 6.87. The zero-order valence-electron chi connectivity index (χ0n) is 24.5. The van der Waals surface area contributed by atoms with E-state index in [9.17, 15) is 19.5 Å². The van der Waals surface area contributed by atoms with Crippen molar-refractivity contribution in [1.82, 2.24) is 0 Å². The van der Waals surface area contributed by atoms with E-state index in [0.717, 1.165) is 57.8 Å². The predicted molar refractivity (Wildman–Crippen MR) is 144 cm³/mol. The summed E-state index contributed by atoms with van der Waals surface area (Å²) < 4.78 is 5.54. The average Bonchev–Trinajstić information content (AvgIpc) is 2.80. The lowest BCUT2D eigenvalue weighted by molar-refractivity contribution is -0.215. The molecule has 6 nitrogen and oxygen atoms in total. The zero-order valence-corrected chi connectivity index (χ0v) is 24.5. The maximum Gasteiger partial charge on any atom is 0.417 e. The van der Waals surface area contributed by atoms with E-state index in [1.165, 1.54) is 5.57 Å². The lowest BCUT2D eigenvalue weighted by Gasteiger charge is -2.71. The van der Waals surface area contributed by atoms with Crippen LogP contribution in [0.25, 0.3) is 0 Å². The molecule has 5 rings (SSSR count). The van der Waals surface area contributed by atoms with Crippen molar-refractivity contribution < 1.29 is 29.3 Å². The Morgan fingerprint density at radius 1 is 0.842 bits per heavy atom. The van der Waals surface area contributed by atoms with Gasteiger partial charge in [0.25, 0.3) is 0 Å². The third kappa shape index (κ3) is 3.53. The number of allylic oxidation sites excluding steroid dienone is 2. The Balaban J connectivity index is 1.52. The van der Waals surface area contributed by atoms with Gasteiger partial charge in [-0.15, -0.1) is 0 Å². The van der Waals surface area contributed by atoms with Gasteiger partial charge in [-0.1, -0.05) is 60.1 Å². The van der Waals surface area contributed by atoms with Gasteiger partial charge >= 0.3 is 17.9 Å². The SMILES string of the molecule is CC1(C)CC[C@]2(C(=O)O)CC[C@]3(C)C(=CCC4[C@@]5(C)CC[C@H](OC(=O)C(=O)O)C(C)(C)C5CC[C@]43C)C2C1. The number of ether oxygens (including phenoxy) is 1. The monoisotopic (exact) mass is 528 g/mol. The van der Waals surface area contributed by atoms with Gasteiger partial charge in [-0.05, 0) is 104 Å². The Kier molecular flexibility index (Phi) is 6.07. The second kappa shape index (κ2) is 8.33. The van der Waals surface area contributed by atoms with Crippen LogP contribution in [0.1, 0.15) is 113 Å². The number of fused-ring (bicyclic) bond motifs is 7. The molecule has 6 heteroatoms. The molecule has 38 heavy (non-hydrogen) atoms. The lowest BCUT2D eigenvalue weighted by Crippen LogP contribution is -2.65. The van der Waals surface area contributed by atoms with Gasteiger partial charge in [0.1, 0.15) is 6.10 Å². The maximum absolute atomic E-state index is 12.8. The molecule has 0 radical (unpaired) electrons. The van der Waals surface area contributed by atoms with E-state index in [1.807, 2.05) is 0 Å². The summed E-state index contributed by atoms with van der Waals surface area (Å²) in [5, 5.41) is 19.7. The van der Waals surface area contributed by atoms with Gasteiger partial charge in [0.15, 0.2) is 0 Å². The summed E-state index contributed by atoms with van der Waals surface area (Å²) in [7, 11) is 0. The van der Waals surface area contributed by atoms with Crippen molar-refractivity contribution in [1.29, 1.82) is 0 Å². The molecule has 4 fully saturated rings. The number of carboxylic acids is 2. The molecular formula is C32H48O6. The van der Waals surface area contributed by atoms with Crippen LogP contribution in [0.2, 0.25) is 0 Å². The quantitative estimate of drug-likeness (QED) is 0.230.